The first kappa shape index (κ1) is 16.4. The SMILES string of the molecule is CN1CCN(CCNc2nc(-c3cccs3)nc3ccccc23)CC1. The molecule has 3 heterocycles. The molecule has 0 saturated carbocycles. The molecule has 1 aromatic carbocycles. The molecule has 4 rings (SSSR count). The summed E-state index contributed by atoms with van der Waals surface area (Å²) in [6, 6.07) is 12.3. The van der Waals surface area contributed by atoms with Crippen molar-refractivity contribution in [3.8, 4) is 10.7 Å². The van der Waals surface area contributed by atoms with Gasteiger partial charge in [-0.2, -0.15) is 0 Å². The van der Waals surface area contributed by atoms with Crippen LogP contribution in [0.15, 0.2) is 41.8 Å². The van der Waals surface area contributed by atoms with Crippen LogP contribution in [-0.2, 0) is 0 Å². The number of nitrogens with zero attached hydrogens (tertiary/aromatic N) is 4. The van der Waals surface area contributed by atoms with Crippen molar-refractivity contribution in [2.75, 3.05) is 51.6 Å². The van der Waals surface area contributed by atoms with Crippen LogP contribution in [0.3, 0.4) is 0 Å². The lowest BCUT2D eigenvalue weighted by atomic mass is 10.2. The molecule has 3 aromatic rings. The number of nitrogens with one attached hydrogen (secondary N) is 1. The van der Waals surface area contributed by atoms with E-state index in [4.69, 9.17) is 9.97 Å². The van der Waals surface area contributed by atoms with E-state index in [0.717, 1.165) is 66.7 Å². The summed E-state index contributed by atoms with van der Waals surface area (Å²) in [7, 11) is 2.19. The number of hydrogen-bond acceptors (Lipinski definition) is 6. The number of fused-ring (bicyclic) bond motifs is 1. The van der Waals surface area contributed by atoms with Gasteiger partial charge in [-0.05, 0) is 30.6 Å². The minimum Gasteiger partial charge on any atom is -0.368 e. The zero-order valence-corrected chi connectivity index (χ0v) is 15.3. The number of piperazine rings is 1. The van der Waals surface area contributed by atoms with Crippen molar-refractivity contribution >= 4 is 28.1 Å². The smallest absolute Gasteiger partial charge is 0.172 e. The lowest BCUT2D eigenvalue weighted by Gasteiger charge is -2.32. The number of benzene rings is 1. The van der Waals surface area contributed by atoms with E-state index >= 15 is 0 Å². The average molecular weight is 353 g/mol. The molecule has 1 N–H and O–H groups in total. The van der Waals surface area contributed by atoms with Gasteiger partial charge in [0, 0.05) is 44.7 Å². The van der Waals surface area contributed by atoms with Crippen LogP contribution in [0.2, 0.25) is 0 Å². The molecule has 0 amide bonds. The highest BCUT2D eigenvalue weighted by Gasteiger charge is 2.14. The summed E-state index contributed by atoms with van der Waals surface area (Å²) in [6.45, 7) is 6.53. The summed E-state index contributed by atoms with van der Waals surface area (Å²) >= 11 is 1.67. The molecule has 0 atom stereocenters. The summed E-state index contributed by atoms with van der Waals surface area (Å²) in [5, 5.41) is 6.70. The monoisotopic (exact) mass is 353 g/mol. The Morgan fingerprint density at radius 3 is 2.68 bits per heavy atom. The minimum atomic E-state index is 0.802. The van der Waals surface area contributed by atoms with E-state index < -0.39 is 0 Å². The molecule has 6 heteroatoms. The van der Waals surface area contributed by atoms with Gasteiger partial charge < -0.3 is 10.2 Å². The Bertz CT molecular complexity index is 825. The number of rotatable bonds is 5. The molecule has 25 heavy (non-hydrogen) atoms. The van der Waals surface area contributed by atoms with Crippen molar-refractivity contribution in [1.29, 1.82) is 0 Å². The van der Waals surface area contributed by atoms with E-state index in [2.05, 4.69) is 45.7 Å². The number of para-hydroxylation sites is 1. The van der Waals surface area contributed by atoms with Gasteiger partial charge in [-0.25, -0.2) is 9.97 Å². The number of likely N-dealkylation sites (N-methyl/N-ethyl adjacent to an activating group) is 1. The summed E-state index contributed by atoms with van der Waals surface area (Å²) in [4.78, 5) is 15.5. The van der Waals surface area contributed by atoms with Gasteiger partial charge in [0.2, 0.25) is 0 Å². The predicted octanol–water partition coefficient (Wildman–Crippen LogP) is 3.02. The molecule has 0 unspecified atom stereocenters. The summed E-state index contributed by atoms with van der Waals surface area (Å²) in [5.74, 6) is 1.74. The Labute approximate surface area is 152 Å². The van der Waals surface area contributed by atoms with E-state index in [1.807, 2.05) is 18.2 Å². The quantitative estimate of drug-likeness (QED) is 0.764. The molecule has 0 radical (unpaired) electrons. The van der Waals surface area contributed by atoms with Crippen molar-refractivity contribution in [3.05, 3.63) is 41.8 Å². The van der Waals surface area contributed by atoms with Crippen molar-refractivity contribution < 1.29 is 0 Å². The molecule has 0 spiro atoms. The Balaban J connectivity index is 1.51. The molecular formula is C19H23N5S. The van der Waals surface area contributed by atoms with Crippen molar-refractivity contribution in [1.82, 2.24) is 19.8 Å². The first-order valence-electron chi connectivity index (χ1n) is 8.75. The summed E-state index contributed by atoms with van der Waals surface area (Å²) in [5.41, 5.74) is 0.989. The molecule has 1 saturated heterocycles. The summed E-state index contributed by atoms with van der Waals surface area (Å²) in [6.07, 6.45) is 0. The molecule has 0 aliphatic carbocycles. The van der Waals surface area contributed by atoms with Crippen molar-refractivity contribution in [3.63, 3.8) is 0 Å². The molecule has 5 nitrogen and oxygen atoms in total. The fourth-order valence-corrected chi connectivity index (χ4v) is 3.79. The minimum absolute atomic E-state index is 0.802. The van der Waals surface area contributed by atoms with Crippen LogP contribution in [0.4, 0.5) is 5.82 Å². The van der Waals surface area contributed by atoms with Crippen LogP contribution >= 0.6 is 11.3 Å². The second-order valence-corrected chi connectivity index (χ2v) is 7.41. The maximum atomic E-state index is 4.80. The van der Waals surface area contributed by atoms with Gasteiger partial charge in [-0.1, -0.05) is 18.2 Å². The third-order valence-corrected chi connectivity index (χ3v) is 5.53. The number of hydrogen-bond donors (Lipinski definition) is 1. The van der Waals surface area contributed by atoms with E-state index in [1.54, 1.807) is 11.3 Å². The van der Waals surface area contributed by atoms with E-state index in [9.17, 15) is 0 Å². The summed E-state index contributed by atoms with van der Waals surface area (Å²) < 4.78 is 0. The van der Waals surface area contributed by atoms with Gasteiger partial charge in [-0.3, -0.25) is 4.90 Å². The highest BCUT2D eigenvalue weighted by Crippen LogP contribution is 2.27. The Morgan fingerprint density at radius 2 is 1.88 bits per heavy atom. The first-order valence-corrected chi connectivity index (χ1v) is 9.63. The van der Waals surface area contributed by atoms with Crippen LogP contribution in [0.1, 0.15) is 0 Å². The lowest BCUT2D eigenvalue weighted by Crippen LogP contribution is -2.45. The molecule has 2 aromatic heterocycles. The zero-order valence-electron chi connectivity index (χ0n) is 14.5. The Kier molecular flexibility index (Phi) is 4.92. The van der Waals surface area contributed by atoms with Crippen LogP contribution in [0.25, 0.3) is 21.6 Å². The maximum Gasteiger partial charge on any atom is 0.172 e. The second kappa shape index (κ2) is 7.47. The number of aromatic nitrogens is 2. The van der Waals surface area contributed by atoms with Crippen LogP contribution < -0.4 is 5.32 Å². The van der Waals surface area contributed by atoms with Gasteiger partial charge in [0.05, 0.1) is 10.4 Å². The van der Waals surface area contributed by atoms with Gasteiger partial charge in [0.15, 0.2) is 5.82 Å². The molecule has 1 fully saturated rings. The topological polar surface area (TPSA) is 44.3 Å². The third-order valence-electron chi connectivity index (χ3n) is 4.66. The maximum absolute atomic E-state index is 4.80. The molecule has 130 valence electrons. The number of thiophene rings is 1. The molecule has 1 aliphatic rings. The molecule has 1 aliphatic heterocycles. The van der Waals surface area contributed by atoms with Gasteiger partial charge in [0.25, 0.3) is 0 Å². The van der Waals surface area contributed by atoms with Crippen LogP contribution in [0.5, 0.6) is 0 Å². The van der Waals surface area contributed by atoms with E-state index in [1.165, 1.54) is 0 Å². The second-order valence-electron chi connectivity index (χ2n) is 6.46. The van der Waals surface area contributed by atoms with Gasteiger partial charge in [-0.15, -0.1) is 11.3 Å². The van der Waals surface area contributed by atoms with Crippen molar-refractivity contribution in [2.45, 2.75) is 0 Å². The van der Waals surface area contributed by atoms with Gasteiger partial charge in [0.1, 0.15) is 5.82 Å². The van der Waals surface area contributed by atoms with E-state index in [0.29, 0.717) is 0 Å². The highest BCUT2D eigenvalue weighted by atomic mass is 32.1. The fourth-order valence-electron chi connectivity index (χ4n) is 3.13. The zero-order chi connectivity index (χ0) is 17.1. The van der Waals surface area contributed by atoms with Crippen LogP contribution in [-0.4, -0.2) is 66.1 Å². The predicted molar refractivity (Wildman–Crippen MR) is 105 cm³/mol. The fraction of sp³-hybridized carbons (Fsp3) is 0.368. The Morgan fingerprint density at radius 1 is 1.04 bits per heavy atom. The number of anilines is 1. The average Bonchev–Trinajstić information content (AvgIpc) is 3.18. The van der Waals surface area contributed by atoms with E-state index in [-0.39, 0.29) is 0 Å². The molecule has 0 bridgehead atoms. The normalized spacial score (nSPS) is 16.4. The molecular weight excluding hydrogens is 330 g/mol. The Hall–Kier alpha value is -2.02. The van der Waals surface area contributed by atoms with Crippen LogP contribution in [0, 0.1) is 0 Å². The standard InChI is InChI=1S/C19H23N5S/c1-23-10-12-24(13-11-23)9-8-20-18-15-5-2-3-6-16(15)21-19(22-18)17-7-4-14-25-17/h2-7,14H,8-13H2,1H3,(H,20,21,22). The highest BCUT2D eigenvalue weighted by molar-refractivity contribution is 7.13. The lowest BCUT2D eigenvalue weighted by molar-refractivity contribution is 0.158. The van der Waals surface area contributed by atoms with Gasteiger partial charge >= 0.3 is 0 Å². The third kappa shape index (κ3) is 3.81. The largest absolute Gasteiger partial charge is 0.368 e. The first-order chi connectivity index (χ1) is 12.3. The van der Waals surface area contributed by atoms with Crippen molar-refractivity contribution in [2.24, 2.45) is 0 Å².